The van der Waals surface area contributed by atoms with Crippen LogP contribution in [0, 0.1) is 0 Å². The van der Waals surface area contributed by atoms with Crippen LogP contribution in [-0.2, 0) is 6.54 Å². The molecule has 0 aliphatic rings. The molecule has 0 radical (unpaired) electrons. The third-order valence-electron chi connectivity index (χ3n) is 3.55. The molecule has 3 nitrogen and oxygen atoms in total. The molecule has 0 atom stereocenters. The molecule has 0 unspecified atom stereocenters. The second-order valence-electron chi connectivity index (χ2n) is 6.26. The summed E-state index contributed by atoms with van der Waals surface area (Å²) >= 11 is 0. The van der Waals surface area contributed by atoms with Gasteiger partial charge in [0.1, 0.15) is 5.82 Å². The van der Waals surface area contributed by atoms with Gasteiger partial charge in [0.15, 0.2) is 0 Å². The number of fused-ring (bicyclic) bond motifs is 1. The third-order valence-corrected chi connectivity index (χ3v) is 3.55. The molecule has 2 rings (SSSR count). The SMILES string of the molecule is C=CCN(c1cc(CNC)c2ccccc2n1)C(C)(C)C. The molecule has 0 aliphatic heterocycles. The van der Waals surface area contributed by atoms with Gasteiger partial charge in [0.2, 0.25) is 0 Å². The van der Waals surface area contributed by atoms with E-state index in [4.69, 9.17) is 4.98 Å². The number of hydrogen-bond donors (Lipinski definition) is 1. The van der Waals surface area contributed by atoms with E-state index >= 15 is 0 Å². The van der Waals surface area contributed by atoms with Gasteiger partial charge < -0.3 is 10.2 Å². The van der Waals surface area contributed by atoms with Gasteiger partial charge in [-0.1, -0.05) is 24.3 Å². The van der Waals surface area contributed by atoms with Gasteiger partial charge in [-0.05, 0) is 45.5 Å². The van der Waals surface area contributed by atoms with Gasteiger partial charge in [-0.25, -0.2) is 4.98 Å². The van der Waals surface area contributed by atoms with Crippen molar-refractivity contribution in [3.63, 3.8) is 0 Å². The Morgan fingerprint density at radius 3 is 2.62 bits per heavy atom. The topological polar surface area (TPSA) is 28.2 Å². The molecular formula is C18H25N3. The molecule has 0 bridgehead atoms. The van der Waals surface area contributed by atoms with E-state index in [0.29, 0.717) is 0 Å². The summed E-state index contributed by atoms with van der Waals surface area (Å²) in [7, 11) is 1.97. The summed E-state index contributed by atoms with van der Waals surface area (Å²) in [4.78, 5) is 7.14. The van der Waals surface area contributed by atoms with Crippen molar-refractivity contribution in [3.8, 4) is 0 Å². The maximum Gasteiger partial charge on any atom is 0.130 e. The normalized spacial score (nSPS) is 11.6. The third kappa shape index (κ3) is 3.42. The van der Waals surface area contributed by atoms with E-state index in [-0.39, 0.29) is 5.54 Å². The molecule has 0 spiro atoms. The first-order valence-corrected chi connectivity index (χ1v) is 7.39. The van der Waals surface area contributed by atoms with Crippen LogP contribution in [0.3, 0.4) is 0 Å². The van der Waals surface area contributed by atoms with Gasteiger partial charge in [-0.15, -0.1) is 6.58 Å². The summed E-state index contributed by atoms with van der Waals surface area (Å²) in [5, 5.41) is 4.46. The quantitative estimate of drug-likeness (QED) is 0.847. The van der Waals surface area contributed by atoms with Crippen molar-refractivity contribution in [2.45, 2.75) is 32.9 Å². The average molecular weight is 283 g/mol. The number of nitrogens with zero attached hydrogens (tertiary/aromatic N) is 2. The standard InChI is InChI=1S/C18H25N3/c1-6-11-21(18(2,3)4)17-12-14(13-19-5)15-9-7-8-10-16(15)20-17/h6-10,12,19H,1,11,13H2,2-5H3. The Morgan fingerprint density at radius 1 is 1.29 bits per heavy atom. The number of para-hydroxylation sites is 1. The number of hydrogen-bond acceptors (Lipinski definition) is 3. The van der Waals surface area contributed by atoms with Crippen molar-refractivity contribution in [1.29, 1.82) is 0 Å². The Labute approximate surface area is 127 Å². The Balaban J connectivity index is 2.60. The highest BCUT2D eigenvalue weighted by Gasteiger charge is 2.22. The number of benzene rings is 1. The molecule has 3 heteroatoms. The van der Waals surface area contributed by atoms with E-state index in [1.54, 1.807) is 0 Å². The van der Waals surface area contributed by atoms with Crippen LogP contribution >= 0.6 is 0 Å². The van der Waals surface area contributed by atoms with Crippen molar-refractivity contribution < 1.29 is 0 Å². The maximum absolute atomic E-state index is 4.85. The van der Waals surface area contributed by atoms with E-state index in [1.165, 1.54) is 10.9 Å². The lowest BCUT2D eigenvalue weighted by Crippen LogP contribution is -2.42. The lowest BCUT2D eigenvalue weighted by atomic mass is 10.0. The molecule has 1 aromatic heterocycles. The van der Waals surface area contributed by atoms with E-state index in [9.17, 15) is 0 Å². The highest BCUT2D eigenvalue weighted by molar-refractivity contribution is 5.84. The molecule has 21 heavy (non-hydrogen) atoms. The van der Waals surface area contributed by atoms with Crippen molar-refractivity contribution in [3.05, 3.63) is 48.6 Å². The second-order valence-corrected chi connectivity index (χ2v) is 6.26. The first kappa shape index (κ1) is 15.5. The number of pyridine rings is 1. The van der Waals surface area contributed by atoms with E-state index in [2.05, 4.69) is 61.8 Å². The van der Waals surface area contributed by atoms with Crippen LogP contribution in [0.5, 0.6) is 0 Å². The summed E-state index contributed by atoms with van der Waals surface area (Å²) < 4.78 is 0. The van der Waals surface area contributed by atoms with Gasteiger partial charge in [0.05, 0.1) is 5.52 Å². The maximum atomic E-state index is 4.85. The van der Waals surface area contributed by atoms with Crippen LogP contribution in [0.2, 0.25) is 0 Å². The molecule has 0 fully saturated rings. The predicted octanol–water partition coefficient (Wildman–Crippen LogP) is 3.75. The van der Waals surface area contributed by atoms with E-state index in [1.807, 2.05) is 19.2 Å². The zero-order chi connectivity index (χ0) is 15.5. The lowest BCUT2D eigenvalue weighted by Gasteiger charge is -2.36. The zero-order valence-electron chi connectivity index (χ0n) is 13.5. The molecular weight excluding hydrogens is 258 g/mol. The molecule has 1 heterocycles. The van der Waals surface area contributed by atoms with Crippen LogP contribution in [-0.4, -0.2) is 24.1 Å². The molecule has 2 aromatic rings. The minimum Gasteiger partial charge on any atom is -0.348 e. The Kier molecular flexibility index (Phi) is 4.63. The number of nitrogens with one attached hydrogen (secondary N) is 1. The van der Waals surface area contributed by atoms with E-state index in [0.717, 1.165) is 24.4 Å². The van der Waals surface area contributed by atoms with Crippen molar-refractivity contribution in [1.82, 2.24) is 10.3 Å². The fourth-order valence-corrected chi connectivity index (χ4v) is 2.55. The minimum atomic E-state index is 0.000556. The van der Waals surface area contributed by atoms with Crippen molar-refractivity contribution in [2.24, 2.45) is 0 Å². The Hall–Kier alpha value is -1.87. The summed E-state index contributed by atoms with van der Waals surface area (Å²) in [6, 6.07) is 10.5. The van der Waals surface area contributed by atoms with Gasteiger partial charge in [0.25, 0.3) is 0 Å². The number of rotatable bonds is 5. The summed E-state index contributed by atoms with van der Waals surface area (Å²) in [5.74, 6) is 1.01. The van der Waals surface area contributed by atoms with Gasteiger partial charge in [-0.3, -0.25) is 0 Å². The summed E-state index contributed by atoms with van der Waals surface area (Å²) in [6.07, 6.45) is 1.93. The van der Waals surface area contributed by atoms with Crippen LogP contribution in [0.25, 0.3) is 10.9 Å². The smallest absolute Gasteiger partial charge is 0.130 e. The zero-order valence-corrected chi connectivity index (χ0v) is 13.5. The largest absolute Gasteiger partial charge is 0.348 e. The molecule has 0 saturated heterocycles. The molecule has 0 amide bonds. The fraction of sp³-hybridized carbons (Fsp3) is 0.389. The highest BCUT2D eigenvalue weighted by atomic mass is 15.2. The van der Waals surface area contributed by atoms with Crippen LogP contribution < -0.4 is 10.2 Å². The van der Waals surface area contributed by atoms with Crippen LogP contribution in [0.15, 0.2) is 43.0 Å². The van der Waals surface area contributed by atoms with Crippen molar-refractivity contribution >= 4 is 16.7 Å². The van der Waals surface area contributed by atoms with Crippen LogP contribution in [0.4, 0.5) is 5.82 Å². The summed E-state index contributed by atoms with van der Waals surface area (Å²) in [6.45, 7) is 12.1. The Morgan fingerprint density at radius 2 is 2.00 bits per heavy atom. The van der Waals surface area contributed by atoms with Crippen LogP contribution in [0.1, 0.15) is 26.3 Å². The van der Waals surface area contributed by atoms with Crippen molar-refractivity contribution in [2.75, 3.05) is 18.5 Å². The summed E-state index contributed by atoms with van der Waals surface area (Å²) in [5.41, 5.74) is 2.32. The van der Waals surface area contributed by atoms with E-state index < -0.39 is 0 Å². The lowest BCUT2D eigenvalue weighted by molar-refractivity contribution is 0.518. The molecule has 0 saturated carbocycles. The second kappa shape index (κ2) is 6.27. The number of anilines is 1. The van der Waals surface area contributed by atoms with Gasteiger partial charge in [0, 0.05) is 24.0 Å². The minimum absolute atomic E-state index is 0.000556. The Bertz CT molecular complexity index is 626. The molecule has 1 N–H and O–H groups in total. The number of aromatic nitrogens is 1. The monoisotopic (exact) mass is 283 g/mol. The first-order valence-electron chi connectivity index (χ1n) is 7.39. The van der Waals surface area contributed by atoms with Gasteiger partial charge in [-0.2, -0.15) is 0 Å². The predicted molar refractivity (Wildman–Crippen MR) is 91.8 cm³/mol. The first-order chi connectivity index (χ1) is 9.97. The highest BCUT2D eigenvalue weighted by Crippen LogP contribution is 2.27. The van der Waals surface area contributed by atoms with Gasteiger partial charge >= 0.3 is 0 Å². The average Bonchev–Trinajstić information content (AvgIpc) is 2.43. The molecule has 112 valence electrons. The fourth-order valence-electron chi connectivity index (χ4n) is 2.55. The molecule has 0 aliphatic carbocycles. The molecule has 1 aromatic carbocycles.